The SMILES string of the molecule is CN[C@@H]1[C@H](O[C@H]2[C@H](OC3[C@@H](O)[C@H](O)[C@@H](N=C(N)N)[C@H](O)[C@H]3N=C(N)N)O[C@@H](C)[C@]2(O)C=O)O[C@@H](CO)[C@H](O)[C@H]1O.CN[C@@H]1[C@H](O[C@H]2[C@H](OC3[C@@H](O)[C@H](O)[C@@H](N=C(N)N)[C@H](O)[C@H]3N=C(N)N)O[C@@H](C)[C@]2(O)C=O)O[C@@H](CO)[C@H](O)[C@H]1O.O=S(=O)(O)O.O=S(=O)(O)O.O=S(=O)(O)O. The van der Waals surface area contributed by atoms with Gasteiger partial charge < -0.3 is 166 Å². The first-order valence-corrected chi connectivity index (χ1v) is 31.0. The van der Waals surface area contributed by atoms with Gasteiger partial charge in [0.2, 0.25) is 0 Å². The van der Waals surface area contributed by atoms with Crippen LogP contribution < -0.4 is 56.5 Å². The van der Waals surface area contributed by atoms with Gasteiger partial charge in [-0.25, -0.2) is 20.0 Å². The van der Waals surface area contributed by atoms with Gasteiger partial charge in [-0.15, -0.1) is 0 Å². The van der Waals surface area contributed by atoms with Crippen molar-refractivity contribution >= 4 is 67.6 Å². The van der Waals surface area contributed by atoms with Crippen molar-refractivity contribution < 1.29 is 172 Å². The third-order valence-corrected chi connectivity index (χ3v) is 14.7. The van der Waals surface area contributed by atoms with Gasteiger partial charge in [0.25, 0.3) is 0 Å². The molecule has 2 unspecified atom stereocenters. The number of aliphatic imine (C=N–C) groups is 4. The van der Waals surface area contributed by atoms with E-state index in [2.05, 4.69) is 30.6 Å². The van der Waals surface area contributed by atoms with Crippen molar-refractivity contribution in [2.45, 2.75) is 196 Å². The number of nitrogens with two attached hydrogens (primary N) is 8. The van der Waals surface area contributed by atoms with E-state index in [-0.39, 0.29) is 12.6 Å². The zero-order chi connectivity index (χ0) is 73.7. The molecular weight excluding hydrogens is 1370 g/mol. The Morgan fingerprint density at radius 2 is 0.674 bits per heavy atom. The second-order valence-electron chi connectivity index (χ2n) is 21.1. The Morgan fingerprint density at radius 3 is 0.895 bits per heavy atom. The molecule has 2 saturated carbocycles. The highest BCUT2D eigenvalue weighted by atomic mass is 32.3. The smallest absolute Gasteiger partial charge is 0.394 e. The average Bonchev–Trinajstić information content (AvgIpc) is 1.68. The molecule has 6 rings (SSSR count). The summed E-state index contributed by atoms with van der Waals surface area (Å²) >= 11 is 0. The number of rotatable bonds is 18. The fourth-order valence-corrected chi connectivity index (χ4v) is 10.2. The van der Waals surface area contributed by atoms with Crippen LogP contribution in [0, 0.1) is 0 Å². The Morgan fingerprint density at radius 1 is 0.421 bits per heavy atom. The topological polar surface area (TPSA) is 897 Å². The van der Waals surface area contributed by atoms with Crippen molar-refractivity contribution in [3.05, 3.63) is 0 Å². The molecule has 4 aliphatic heterocycles. The molecule has 0 radical (unpaired) electrons. The van der Waals surface area contributed by atoms with Crippen LogP contribution >= 0.6 is 0 Å². The van der Waals surface area contributed by atoms with Crippen molar-refractivity contribution in [1.82, 2.24) is 10.6 Å². The Bertz CT molecular complexity index is 2680. The summed E-state index contributed by atoms with van der Waals surface area (Å²) < 4.78 is 141. The van der Waals surface area contributed by atoms with Crippen molar-refractivity contribution in [3.8, 4) is 0 Å². The van der Waals surface area contributed by atoms with Crippen molar-refractivity contribution in [1.29, 1.82) is 0 Å². The fraction of sp³-hybridized carbons (Fsp3) is 0.857. The normalized spacial score (nSPS) is 41.8. The third-order valence-electron chi connectivity index (χ3n) is 14.7. The number of ether oxygens (including phenoxy) is 8. The predicted octanol–water partition coefficient (Wildman–Crippen LogP) is -18.3. The molecule has 4 heterocycles. The molecule has 95 heavy (non-hydrogen) atoms. The molecule has 0 bridgehead atoms. The molecular formula is C42H84N14O36S3. The largest absolute Gasteiger partial charge is 0.394 e. The highest BCUT2D eigenvalue weighted by Crippen LogP contribution is 2.41. The Labute approximate surface area is 537 Å². The number of aliphatic hydroxyl groups excluding tert-OH is 12. The molecule has 6 aliphatic rings. The van der Waals surface area contributed by atoms with E-state index in [1.54, 1.807) is 0 Å². The molecule has 0 aromatic rings. The number of aldehydes is 2. The van der Waals surface area contributed by atoms with Crippen LogP contribution in [0.5, 0.6) is 0 Å². The van der Waals surface area contributed by atoms with E-state index in [1.807, 2.05) is 0 Å². The highest BCUT2D eigenvalue weighted by molar-refractivity contribution is 7.80. The average molecular weight is 1460 g/mol. The first kappa shape index (κ1) is 86.2. The van der Waals surface area contributed by atoms with Crippen LogP contribution in [0.4, 0.5) is 0 Å². The van der Waals surface area contributed by atoms with Gasteiger partial charge in [-0.3, -0.25) is 36.9 Å². The molecule has 38 N–H and O–H groups in total. The first-order chi connectivity index (χ1) is 43.4. The van der Waals surface area contributed by atoms with E-state index in [1.165, 1.54) is 27.9 Å². The van der Waals surface area contributed by atoms with E-state index >= 15 is 0 Å². The van der Waals surface area contributed by atoms with Crippen LogP contribution in [0.1, 0.15) is 13.8 Å². The maximum Gasteiger partial charge on any atom is 0.394 e. The second kappa shape index (κ2) is 35.7. The lowest BCUT2D eigenvalue weighted by Crippen LogP contribution is -2.66. The summed E-state index contributed by atoms with van der Waals surface area (Å²) in [7, 11) is -11.2. The van der Waals surface area contributed by atoms with Gasteiger partial charge >= 0.3 is 31.2 Å². The zero-order valence-corrected chi connectivity index (χ0v) is 52.3. The standard InChI is InChI=1S/2C21H39N7O12.3H2O4S/c2*1-5-21(36,4-30)16(40-17-9(26-2)13(34)10(31)6(3-29)38-17)18(37-5)39-15-8(28-20(24)25)11(32)7(27-19(22)23)12(33)14(15)35;3*1-5(2,3)4/h2*4-18,26,29,31-36H,3H2,1-2H3,(H4,22,23,27)(H4,24,25,28);3*(H2,1,2,3,4)/t2*5-,6-,7-,8+,9-,10-,11-,12+,13-,14-,15?,16-,17-,18-,21+;;;/m00.../s1. The lowest BCUT2D eigenvalue weighted by molar-refractivity contribution is -0.314. The number of nitrogens with zero attached hydrogens (tertiary/aromatic N) is 4. The second-order valence-corrected chi connectivity index (χ2v) is 23.8. The summed E-state index contributed by atoms with van der Waals surface area (Å²) in [5, 5.41) is 153. The van der Waals surface area contributed by atoms with Crippen LogP contribution in [0.3, 0.4) is 0 Å². The summed E-state index contributed by atoms with van der Waals surface area (Å²) in [6.07, 6.45) is -34.6. The summed E-state index contributed by atoms with van der Waals surface area (Å²) in [6, 6.07) is -8.16. The van der Waals surface area contributed by atoms with Gasteiger partial charge in [0.05, 0.1) is 37.5 Å². The monoisotopic (exact) mass is 1460 g/mol. The molecule has 0 spiro atoms. The van der Waals surface area contributed by atoms with Crippen LogP contribution in [0.2, 0.25) is 0 Å². The quantitative estimate of drug-likeness (QED) is 0.0262. The third kappa shape index (κ3) is 23.6. The van der Waals surface area contributed by atoms with E-state index in [9.17, 15) is 81.1 Å². The number of carbonyl (C=O) groups is 2. The molecule has 53 heteroatoms. The maximum atomic E-state index is 12.1. The van der Waals surface area contributed by atoms with Gasteiger partial charge in [0.15, 0.2) is 72.8 Å². The molecule has 0 aromatic carbocycles. The van der Waals surface area contributed by atoms with Crippen molar-refractivity contribution in [2.24, 2.45) is 65.8 Å². The molecule has 6 fully saturated rings. The van der Waals surface area contributed by atoms with E-state index < -0.39 is 251 Å². The van der Waals surface area contributed by atoms with Crippen LogP contribution in [-0.4, -0.2) is 370 Å². The van der Waals surface area contributed by atoms with E-state index in [0.717, 1.165) is 0 Å². The van der Waals surface area contributed by atoms with Gasteiger partial charge in [0.1, 0.15) is 122 Å². The number of aliphatic hydroxyl groups is 14. The van der Waals surface area contributed by atoms with E-state index in [0.29, 0.717) is 0 Å². The molecule has 50 nitrogen and oxygen atoms in total. The molecule has 30 atom stereocenters. The Balaban J connectivity index is 0.000000531. The number of nitrogens with one attached hydrogen (secondary N) is 2. The number of hydrogen-bond acceptors (Lipinski definition) is 36. The van der Waals surface area contributed by atoms with Gasteiger partial charge in [-0.05, 0) is 27.9 Å². The fourth-order valence-electron chi connectivity index (χ4n) is 10.2. The van der Waals surface area contributed by atoms with E-state index in [4.69, 9.17) is 136 Å². The predicted molar refractivity (Wildman–Crippen MR) is 308 cm³/mol. The summed E-state index contributed by atoms with van der Waals surface area (Å²) in [4.78, 5) is 39.4. The molecule has 556 valence electrons. The number of guanidine groups is 4. The molecule has 4 saturated heterocycles. The van der Waals surface area contributed by atoms with Gasteiger partial charge in [-0.2, -0.15) is 25.3 Å². The Kier molecular flexibility index (Phi) is 32.4. The number of hydrogen-bond donors (Lipinski definition) is 30. The molecule has 0 aromatic heterocycles. The minimum Gasteiger partial charge on any atom is -0.394 e. The zero-order valence-electron chi connectivity index (χ0n) is 49.8. The number of carbonyl (C=O) groups excluding carboxylic acids is 2. The van der Waals surface area contributed by atoms with Gasteiger partial charge in [0, 0.05) is 0 Å². The molecule has 0 amide bonds. The highest BCUT2D eigenvalue weighted by Gasteiger charge is 2.63. The first-order valence-electron chi connectivity index (χ1n) is 26.9. The minimum absolute atomic E-state index is 0.140. The summed E-state index contributed by atoms with van der Waals surface area (Å²) in [5.41, 5.74) is 38.8. The van der Waals surface area contributed by atoms with Crippen LogP contribution in [-0.2, 0) is 78.7 Å². The van der Waals surface area contributed by atoms with Gasteiger partial charge in [-0.1, -0.05) is 0 Å². The van der Waals surface area contributed by atoms with Crippen LogP contribution in [0.25, 0.3) is 0 Å². The lowest BCUT2D eigenvalue weighted by Gasteiger charge is -2.45. The minimum atomic E-state index is -4.67. The van der Waals surface area contributed by atoms with Crippen molar-refractivity contribution in [2.75, 3.05) is 27.3 Å². The number of likely N-dealkylation sites (N-methyl/N-ethyl adjacent to an activating group) is 2. The summed E-state index contributed by atoms with van der Waals surface area (Å²) in [6.45, 7) is 1.24. The lowest BCUT2D eigenvalue weighted by atomic mass is 9.81. The van der Waals surface area contributed by atoms with Crippen LogP contribution in [0.15, 0.2) is 20.0 Å². The summed E-state index contributed by atoms with van der Waals surface area (Å²) in [5.74, 6) is -2.07. The maximum absolute atomic E-state index is 12.1. The molecule has 2 aliphatic carbocycles. The van der Waals surface area contributed by atoms with Crippen molar-refractivity contribution in [3.63, 3.8) is 0 Å². The Hall–Kier alpha value is -4.93.